The summed E-state index contributed by atoms with van der Waals surface area (Å²) in [6, 6.07) is 3.73. The molecule has 0 fully saturated rings. The number of ketones is 1. The van der Waals surface area contributed by atoms with Crippen LogP contribution in [0.4, 0.5) is 0 Å². The van der Waals surface area contributed by atoms with Crippen LogP contribution < -0.4 is 0 Å². The Kier molecular flexibility index (Phi) is 2.33. The van der Waals surface area contributed by atoms with Gasteiger partial charge in [-0.25, -0.2) is 4.68 Å². The Labute approximate surface area is 87.6 Å². The number of nitrogens with zero attached hydrogens (tertiary/aromatic N) is 3. The monoisotopic (exact) mass is 201 g/mol. The van der Waals surface area contributed by atoms with Gasteiger partial charge >= 0.3 is 0 Å². The lowest BCUT2D eigenvalue weighted by atomic mass is 10.2. The first-order valence-corrected chi connectivity index (χ1v) is 4.66. The molecular weight excluding hydrogens is 190 g/mol. The smallest absolute Gasteiger partial charge is 0.163 e. The molecule has 4 heteroatoms. The Morgan fingerprint density at radius 1 is 1.47 bits per heavy atom. The fourth-order valence-corrected chi connectivity index (χ4v) is 1.43. The van der Waals surface area contributed by atoms with Gasteiger partial charge in [-0.2, -0.15) is 5.10 Å². The van der Waals surface area contributed by atoms with E-state index in [2.05, 4.69) is 10.1 Å². The second-order valence-corrected chi connectivity index (χ2v) is 3.34. The van der Waals surface area contributed by atoms with Gasteiger partial charge < -0.3 is 0 Å². The van der Waals surface area contributed by atoms with Crippen LogP contribution in [0.2, 0.25) is 0 Å². The van der Waals surface area contributed by atoms with Gasteiger partial charge in [-0.15, -0.1) is 0 Å². The van der Waals surface area contributed by atoms with Crippen LogP contribution in [-0.4, -0.2) is 20.5 Å². The second kappa shape index (κ2) is 3.65. The van der Waals surface area contributed by atoms with Crippen LogP contribution in [0.15, 0.2) is 30.7 Å². The van der Waals surface area contributed by atoms with Gasteiger partial charge in [0.2, 0.25) is 0 Å². The highest BCUT2D eigenvalue weighted by molar-refractivity contribution is 5.94. The Hall–Kier alpha value is -1.97. The molecule has 0 unspecified atom stereocenters. The molecule has 76 valence electrons. The topological polar surface area (TPSA) is 47.8 Å². The molecule has 0 amide bonds. The van der Waals surface area contributed by atoms with E-state index in [0.29, 0.717) is 5.56 Å². The quantitative estimate of drug-likeness (QED) is 0.696. The van der Waals surface area contributed by atoms with E-state index in [9.17, 15) is 4.79 Å². The van der Waals surface area contributed by atoms with Crippen molar-refractivity contribution in [3.63, 3.8) is 0 Å². The summed E-state index contributed by atoms with van der Waals surface area (Å²) in [6.07, 6.45) is 5.14. The lowest BCUT2D eigenvalue weighted by molar-refractivity contribution is 0.101. The standard InChI is InChI=1S/C11H11N3O/c1-8-11(9(2)15)7-14(13-8)10-4-3-5-12-6-10/h3-7H,1-2H3. The first kappa shape index (κ1) is 9.58. The van der Waals surface area contributed by atoms with Crippen molar-refractivity contribution in [1.82, 2.24) is 14.8 Å². The molecule has 2 aromatic heterocycles. The van der Waals surface area contributed by atoms with Gasteiger partial charge in [0, 0.05) is 12.4 Å². The minimum atomic E-state index is 0.0302. The van der Waals surface area contributed by atoms with Crippen LogP contribution in [-0.2, 0) is 0 Å². The fraction of sp³-hybridized carbons (Fsp3) is 0.182. The van der Waals surface area contributed by atoms with Crippen LogP contribution in [0, 0.1) is 6.92 Å². The van der Waals surface area contributed by atoms with Crippen molar-refractivity contribution in [1.29, 1.82) is 0 Å². The van der Waals surface area contributed by atoms with E-state index in [0.717, 1.165) is 11.4 Å². The number of hydrogen-bond donors (Lipinski definition) is 0. The van der Waals surface area contributed by atoms with Crippen LogP contribution in [0.3, 0.4) is 0 Å². The number of carbonyl (C=O) groups excluding carboxylic acids is 1. The zero-order valence-corrected chi connectivity index (χ0v) is 8.64. The number of Topliss-reactive ketones (excluding diaryl/α,β-unsaturated/α-hetero) is 1. The molecule has 2 aromatic rings. The van der Waals surface area contributed by atoms with Crippen molar-refractivity contribution in [2.75, 3.05) is 0 Å². The zero-order valence-electron chi connectivity index (χ0n) is 8.64. The molecule has 4 nitrogen and oxygen atoms in total. The summed E-state index contributed by atoms with van der Waals surface area (Å²) in [5.74, 6) is 0.0302. The third-order valence-corrected chi connectivity index (χ3v) is 2.19. The molecule has 0 aliphatic heterocycles. The molecule has 0 aliphatic rings. The molecule has 0 atom stereocenters. The third kappa shape index (κ3) is 1.79. The maximum absolute atomic E-state index is 11.2. The predicted octanol–water partition coefficient (Wildman–Crippen LogP) is 1.78. The highest BCUT2D eigenvalue weighted by Gasteiger charge is 2.09. The molecule has 0 bridgehead atoms. The number of rotatable bonds is 2. The van der Waals surface area contributed by atoms with Crippen molar-refractivity contribution in [3.8, 4) is 5.69 Å². The van der Waals surface area contributed by atoms with Crippen LogP contribution >= 0.6 is 0 Å². The Morgan fingerprint density at radius 3 is 2.80 bits per heavy atom. The Balaban J connectivity index is 2.48. The maximum Gasteiger partial charge on any atom is 0.163 e. The third-order valence-electron chi connectivity index (χ3n) is 2.19. The number of carbonyl (C=O) groups is 1. The van der Waals surface area contributed by atoms with Gasteiger partial charge in [0.15, 0.2) is 5.78 Å². The summed E-state index contributed by atoms with van der Waals surface area (Å²) in [4.78, 5) is 15.2. The van der Waals surface area contributed by atoms with E-state index < -0.39 is 0 Å². The van der Waals surface area contributed by atoms with Gasteiger partial charge in [-0.1, -0.05) is 0 Å². The molecule has 0 radical (unpaired) electrons. The summed E-state index contributed by atoms with van der Waals surface area (Å²) in [5.41, 5.74) is 2.25. The minimum absolute atomic E-state index is 0.0302. The van der Waals surface area contributed by atoms with E-state index in [1.165, 1.54) is 6.92 Å². The van der Waals surface area contributed by atoms with Crippen LogP contribution in [0.1, 0.15) is 23.0 Å². The van der Waals surface area contributed by atoms with Gasteiger partial charge in [0.25, 0.3) is 0 Å². The number of pyridine rings is 1. The lowest BCUT2D eigenvalue weighted by Gasteiger charge is -1.97. The van der Waals surface area contributed by atoms with Gasteiger partial charge in [0.1, 0.15) is 0 Å². The molecule has 0 N–H and O–H groups in total. The van der Waals surface area contributed by atoms with Crippen LogP contribution in [0.25, 0.3) is 5.69 Å². The van der Waals surface area contributed by atoms with E-state index in [-0.39, 0.29) is 5.78 Å². The average Bonchev–Trinajstić information content (AvgIpc) is 2.62. The number of aryl methyl sites for hydroxylation is 1. The molecular formula is C11H11N3O. The first-order chi connectivity index (χ1) is 7.18. The Bertz CT molecular complexity index is 488. The molecule has 0 saturated heterocycles. The van der Waals surface area contributed by atoms with E-state index >= 15 is 0 Å². The zero-order chi connectivity index (χ0) is 10.8. The van der Waals surface area contributed by atoms with Crippen molar-refractivity contribution in [3.05, 3.63) is 42.0 Å². The van der Waals surface area contributed by atoms with E-state index in [1.807, 2.05) is 19.1 Å². The van der Waals surface area contributed by atoms with Crippen molar-refractivity contribution in [2.45, 2.75) is 13.8 Å². The van der Waals surface area contributed by atoms with E-state index in [1.54, 1.807) is 23.3 Å². The summed E-state index contributed by atoms with van der Waals surface area (Å²) in [5, 5.41) is 4.26. The SMILES string of the molecule is CC(=O)c1cn(-c2cccnc2)nc1C. The molecule has 15 heavy (non-hydrogen) atoms. The second-order valence-electron chi connectivity index (χ2n) is 3.34. The van der Waals surface area contributed by atoms with Gasteiger partial charge in [0.05, 0.1) is 23.1 Å². The predicted molar refractivity (Wildman–Crippen MR) is 56.1 cm³/mol. The van der Waals surface area contributed by atoms with Crippen LogP contribution in [0.5, 0.6) is 0 Å². The molecule has 2 rings (SSSR count). The highest BCUT2D eigenvalue weighted by Crippen LogP contribution is 2.11. The van der Waals surface area contributed by atoms with Crippen molar-refractivity contribution in [2.24, 2.45) is 0 Å². The summed E-state index contributed by atoms with van der Waals surface area (Å²) in [6.45, 7) is 3.36. The molecule has 0 spiro atoms. The van der Waals surface area contributed by atoms with Crippen molar-refractivity contribution < 1.29 is 4.79 Å². The average molecular weight is 201 g/mol. The van der Waals surface area contributed by atoms with Gasteiger partial charge in [-0.05, 0) is 26.0 Å². The highest BCUT2D eigenvalue weighted by atomic mass is 16.1. The molecule has 0 aliphatic carbocycles. The molecule has 2 heterocycles. The minimum Gasteiger partial charge on any atom is -0.294 e. The number of aromatic nitrogens is 3. The number of hydrogen-bond acceptors (Lipinski definition) is 3. The lowest BCUT2D eigenvalue weighted by Crippen LogP contribution is -1.94. The summed E-state index contributed by atoms with van der Waals surface area (Å²) >= 11 is 0. The molecule has 0 aromatic carbocycles. The Morgan fingerprint density at radius 2 is 2.27 bits per heavy atom. The maximum atomic E-state index is 11.2. The summed E-state index contributed by atoms with van der Waals surface area (Å²) in [7, 11) is 0. The first-order valence-electron chi connectivity index (χ1n) is 4.66. The van der Waals surface area contributed by atoms with Gasteiger partial charge in [-0.3, -0.25) is 9.78 Å². The fourth-order valence-electron chi connectivity index (χ4n) is 1.43. The largest absolute Gasteiger partial charge is 0.294 e. The van der Waals surface area contributed by atoms with Crippen molar-refractivity contribution >= 4 is 5.78 Å². The van der Waals surface area contributed by atoms with E-state index in [4.69, 9.17) is 0 Å². The summed E-state index contributed by atoms with van der Waals surface area (Å²) < 4.78 is 1.67. The molecule has 0 saturated carbocycles. The normalized spacial score (nSPS) is 10.3.